The van der Waals surface area contributed by atoms with E-state index in [1.54, 1.807) is 0 Å². The summed E-state index contributed by atoms with van der Waals surface area (Å²) < 4.78 is 0.983. The molecule has 1 unspecified atom stereocenters. The molecule has 0 spiro atoms. The first-order valence-electron chi connectivity index (χ1n) is 6.98. The normalized spacial score (nSPS) is 22.0. The first-order valence-corrected chi connectivity index (χ1v) is 7.77. The number of amides is 1. The largest absolute Gasteiger partial charge is 0.325 e. The highest BCUT2D eigenvalue weighted by Crippen LogP contribution is 2.41. The lowest BCUT2D eigenvalue weighted by Crippen LogP contribution is -2.37. The van der Waals surface area contributed by atoms with Crippen molar-refractivity contribution < 1.29 is 4.79 Å². The topological polar surface area (TPSA) is 29.1 Å². The van der Waals surface area contributed by atoms with Crippen LogP contribution in [0.25, 0.3) is 0 Å². The molecule has 2 nitrogen and oxygen atoms in total. The lowest BCUT2D eigenvalue weighted by atomic mass is 9.68. The fourth-order valence-corrected chi connectivity index (χ4v) is 3.31. The molecule has 1 aliphatic rings. The summed E-state index contributed by atoms with van der Waals surface area (Å²) >= 11 is 3.55. The molecule has 1 aromatic rings. The summed E-state index contributed by atoms with van der Waals surface area (Å²) in [7, 11) is 0. The van der Waals surface area contributed by atoms with Crippen LogP contribution in [0.4, 0.5) is 5.69 Å². The van der Waals surface area contributed by atoms with Crippen molar-refractivity contribution in [2.45, 2.75) is 46.5 Å². The number of halogens is 1. The van der Waals surface area contributed by atoms with Gasteiger partial charge in [0.25, 0.3) is 0 Å². The zero-order valence-electron chi connectivity index (χ0n) is 11.9. The highest BCUT2D eigenvalue weighted by atomic mass is 79.9. The van der Waals surface area contributed by atoms with E-state index in [9.17, 15) is 4.79 Å². The molecule has 104 valence electrons. The fourth-order valence-electron chi connectivity index (χ4n) is 2.94. The predicted molar refractivity (Wildman–Crippen MR) is 83.2 cm³/mol. The summed E-state index contributed by atoms with van der Waals surface area (Å²) in [5.41, 5.74) is 2.13. The number of benzene rings is 1. The van der Waals surface area contributed by atoms with Crippen molar-refractivity contribution in [3.63, 3.8) is 0 Å². The Hall–Kier alpha value is -0.830. The molecule has 3 heteroatoms. The van der Waals surface area contributed by atoms with Gasteiger partial charge in [0.2, 0.25) is 5.91 Å². The van der Waals surface area contributed by atoms with Gasteiger partial charge in [-0.2, -0.15) is 0 Å². The van der Waals surface area contributed by atoms with Gasteiger partial charge in [0.05, 0.1) is 5.69 Å². The van der Waals surface area contributed by atoms with Crippen molar-refractivity contribution in [3.8, 4) is 0 Å². The van der Waals surface area contributed by atoms with Gasteiger partial charge in [-0.15, -0.1) is 0 Å². The molecule has 1 aromatic carbocycles. The zero-order chi connectivity index (χ0) is 14.0. The van der Waals surface area contributed by atoms with Crippen LogP contribution < -0.4 is 5.32 Å². The summed E-state index contributed by atoms with van der Waals surface area (Å²) in [4.78, 5) is 12.5. The summed E-state index contributed by atoms with van der Waals surface area (Å²) in [5.74, 6) is 0.282. The molecule has 1 saturated carbocycles. The number of hydrogen-bond acceptors (Lipinski definition) is 1. The number of rotatable bonds is 2. The maximum Gasteiger partial charge on any atom is 0.228 e. The van der Waals surface area contributed by atoms with Gasteiger partial charge in [-0.05, 0) is 52.7 Å². The molecule has 0 aromatic heterocycles. The first kappa shape index (κ1) is 14.6. The molecule has 0 radical (unpaired) electrons. The average molecular weight is 324 g/mol. The van der Waals surface area contributed by atoms with Gasteiger partial charge in [-0.1, -0.05) is 38.8 Å². The molecule has 0 bridgehead atoms. The molecule has 1 N–H and O–H groups in total. The van der Waals surface area contributed by atoms with Crippen molar-refractivity contribution in [2.24, 2.45) is 11.3 Å². The zero-order valence-corrected chi connectivity index (χ0v) is 13.5. The van der Waals surface area contributed by atoms with Crippen LogP contribution >= 0.6 is 15.9 Å². The smallest absolute Gasteiger partial charge is 0.228 e. The van der Waals surface area contributed by atoms with E-state index in [0.29, 0.717) is 0 Å². The van der Waals surface area contributed by atoms with E-state index in [-0.39, 0.29) is 17.2 Å². The van der Waals surface area contributed by atoms with E-state index in [0.717, 1.165) is 35.0 Å². The maximum absolute atomic E-state index is 12.5. The Bertz CT molecular complexity index is 482. The molecular formula is C16H22BrNO. The second-order valence-corrected chi connectivity index (χ2v) is 7.01. The van der Waals surface area contributed by atoms with Gasteiger partial charge < -0.3 is 5.32 Å². The van der Waals surface area contributed by atoms with Crippen molar-refractivity contribution in [1.29, 1.82) is 0 Å². The van der Waals surface area contributed by atoms with E-state index in [2.05, 4.69) is 35.1 Å². The molecule has 0 heterocycles. The Morgan fingerprint density at radius 1 is 1.37 bits per heavy atom. The standard InChI is InChI=1S/C16H22BrNO/c1-11-7-6-9-13(14(11)17)18-15(19)12-8-4-5-10-16(12,2)3/h6-7,9,12H,4-5,8,10H2,1-3H3,(H,18,19). The van der Waals surface area contributed by atoms with E-state index >= 15 is 0 Å². The predicted octanol–water partition coefficient (Wildman–Crippen LogP) is 4.91. The van der Waals surface area contributed by atoms with Crippen LogP contribution in [0.15, 0.2) is 22.7 Å². The lowest BCUT2D eigenvalue weighted by Gasteiger charge is -2.37. The van der Waals surface area contributed by atoms with E-state index < -0.39 is 0 Å². The molecule has 0 saturated heterocycles. The second-order valence-electron chi connectivity index (χ2n) is 6.21. The Balaban J connectivity index is 2.14. The third kappa shape index (κ3) is 3.19. The van der Waals surface area contributed by atoms with Crippen molar-refractivity contribution in [1.82, 2.24) is 0 Å². The lowest BCUT2D eigenvalue weighted by molar-refractivity contribution is -0.124. The SMILES string of the molecule is Cc1cccc(NC(=O)C2CCCCC2(C)C)c1Br. The number of anilines is 1. The Morgan fingerprint density at radius 3 is 2.79 bits per heavy atom. The monoisotopic (exact) mass is 323 g/mol. The van der Waals surface area contributed by atoms with Crippen LogP contribution in [0.5, 0.6) is 0 Å². The maximum atomic E-state index is 12.5. The number of hydrogen-bond donors (Lipinski definition) is 1. The molecule has 1 aliphatic carbocycles. The quantitative estimate of drug-likeness (QED) is 0.822. The molecule has 1 amide bonds. The number of carbonyl (C=O) groups excluding carboxylic acids is 1. The summed E-state index contributed by atoms with van der Waals surface area (Å²) in [6, 6.07) is 5.96. The Labute approximate surface area is 124 Å². The van der Waals surface area contributed by atoms with Gasteiger partial charge in [0.15, 0.2) is 0 Å². The van der Waals surface area contributed by atoms with Crippen LogP contribution in [0.1, 0.15) is 45.1 Å². The minimum atomic E-state index is 0.110. The highest BCUT2D eigenvalue weighted by molar-refractivity contribution is 9.10. The summed E-state index contributed by atoms with van der Waals surface area (Å²) in [6.45, 7) is 6.45. The van der Waals surface area contributed by atoms with Crippen molar-refractivity contribution in [3.05, 3.63) is 28.2 Å². The van der Waals surface area contributed by atoms with E-state index in [1.807, 2.05) is 25.1 Å². The number of nitrogens with one attached hydrogen (secondary N) is 1. The van der Waals surface area contributed by atoms with Crippen LogP contribution in [-0.4, -0.2) is 5.91 Å². The highest BCUT2D eigenvalue weighted by Gasteiger charge is 2.37. The second kappa shape index (κ2) is 5.66. The van der Waals surface area contributed by atoms with Gasteiger partial charge >= 0.3 is 0 Å². The molecule has 19 heavy (non-hydrogen) atoms. The molecule has 0 aliphatic heterocycles. The molecular weight excluding hydrogens is 302 g/mol. The number of carbonyl (C=O) groups is 1. The van der Waals surface area contributed by atoms with E-state index in [4.69, 9.17) is 0 Å². The van der Waals surface area contributed by atoms with Crippen LogP contribution in [0.3, 0.4) is 0 Å². The molecule has 1 atom stereocenters. The van der Waals surface area contributed by atoms with Crippen LogP contribution in [0.2, 0.25) is 0 Å². The van der Waals surface area contributed by atoms with Crippen molar-refractivity contribution >= 4 is 27.5 Å². The summed E-state index contributed by atoms with van der Waals surface area (Å²) in [6.07, 6.45) is 4.55. The third-order valence-corrected chi connectivity index (χ3v) is 5.33. The van der Waals surface area contributed by atoms with Gasteiger partial charge in [0.1, 0.15) is 0 Å². The van der Waals surface area contributed by atoms with Gasteiger partial charge in [-0.25, -0.2) is 0 Å². The fraction of sp³-hybridized carbons (Fsp3) is 0.562. The van der Waals surface area contributed by atoms with Gasteiger partial charge in [-0.3, -0.25) is 4.79 Å². The number of aryl methyl sites for hydroxylation is 1. The molecule has 1 fully saturated rings. The Morgan fingerprint density at radius 2 is 2.11 bits per heavy atom. The van der Waals surface area contributed by atoms with Crippen LogP contribution in [-0.2, 0) is 4.79 Å². The third-order valence-electron chi connectivity index (χ3n) is 4.27. The molecule has 2 rings (SSSR count). The Kier molecular flexibility index (Phi) is 4.34. The van der Waals surface area contributed by atoms with Crippen molar-refractivity contribution in [2.75, 3.05) is 5.32 Å². The van der Waals surface area contributed by atoms with Crippen LogP contribution in [0, 0.1) is 18.3 Å². The summed E-state index contributed by atoms with van der Waals surface area (Å²) in [5, 5.41) is 3.09. The van der Waals surface area contributed by atoms with E-state index in [1.165, 1.54) is 6.42 Å². The minimum absolute atomic E-state index is 0.110. The first-order chi connectivity index (χ1) is 8.92. The van der Waals surface area contributed by atoms with Gasteiger partial charge in [0, 0.05) is 10.4 Å². The average Bonchev–Trinajstić information content (AvgIpc) is 2.34. The minimum Gasteiger partial charge on any atom is -0.325 e.